The molecule has 1 aromatic heterocycles. The third-order valence-electron chi connectivity index (χ3n) is 5.10. The minimum Gasteiger partial charge on any atom is -0.480 e. The molecule has 0 fully saturated rings. The molecule has 1 heterocycles. The normalized spacial score (nSPS) is 13.7. The summed E-state index contributed by atoms with van der Waals surface area (Å²) in [6.45, 7) is 10.9. The number of aliphatic carboxylic acids is 1. The Hall–Kier alpha value is -2.21. The Morgan fingerprint density at radius 1 is 1.00 bits per heavy atom. The Labute approximate surface area is 198 Å². The third kappa shape index (κ3) is 14.0. The van der Waals surface area contributed by atoms with Gasteiger partial charge in [0.15, 0.2) is 0 Å². The number of imidazole rings is 1. The van der Waals surface area contributed by atoms with Crippen molar-refractivity contribution in [1.82, 2.24) is 9.97 Å². The molecular weight excluding hydrogens is 418 g/mol. The van der Waals surface area contributed by atoms with Crippen LogP contribution in [0.4, 0.5) is 5.95 Å². The summed E-state index contributed by atoms with van der Waals surface area (Å²) in [7, 11) is 0. The zero-order chi connectivity index (χ0) is 23.8. The average molecular weight is 460 g/mol. The van der Waals surface area contributed by atoms with E-state index in [0.717, 1.165) is 44.3 Å². The quantitative estimate of drug-likeness (QED) is 0.181. The first-order chi connectivity index (χ1) is 15.3. The molecule has 0 radical (unpaired) electrons. The molecule has 0 aliphatic heterocycles. The van der Waals surface area contributed by atoms with E-state index in [1.54, 1.807) is 24.2 Å². The maximum Gasteiger partial charge on any atom is 0.327 e. The fourth-order valence-corrected chi connectivity index (χ4v) is 4.06. The number of hydrogen-bond donors (Lipinski definition) is 3. The molecule has 1 unspecified atom stereocenters. The van der Waals surface area contributed by atoms with E-state index in [4.69, 9.17) is 0 Å². The molecule has 0 amide bonds. The Balaban J connectivity index is 2.24. The summed E-state index contributed by atoms with van der Waals surface area (Å²) in [5.41, 5.74) is 5.68. The number of carboxylic acid groups (broad SMARTS) is 1. The second-order valence-corrected chi connectivity index (χ2v) is 9.63. The molecule has 0 bridgehead atoms. The highest BCUT2D eigenvalue weighted by atomic mass is 32.2. The van der Waals surface area contributed by atoms with Gasteiger partial charge in [0, 0.05) is 23.9 Å². The van der Waals surface area contributed by atoms with Crippen molar-refractivity contribution in [1.29, 1.82) is 0 Å². The molecule has 3 N–H and O–H groups in total. The zero-order valence-corrected chi connectivity index (χ0v) is 21.2. The average Bonchev–Trinajstić information content (AvgIpc) is 3.23. The largest absolute Gasteiger partial charge is 0.480 e. The molecule has 1 rings (SSSR count). The van der Waals surface area contributed by atoms with Crippen LogP contribution in [-0.4, -0.2) is 38.6 Å². The van der Waals surface area contributed by atoms with E-state index < -0.39 is 12.0 Å². The van der Waals surface area contributed by atoms with E-state index in [2.05, 4.69) is 74.2 Å². The summed E-state index contributed by atoms with van der Waals surface area (Å²) in [5.74, 6) is 0.920. The first-order valence-corrected chi connectivity index (χ1v) is 12.6. The minimum absolute atomic E-state index is 0.486. The summed E-state index contributed by atoms with van der Waals surface area (Å²) in [6.07, 6.45) is 19.1. The summed E-state index contributed by atoms with van der Waals surface area (Å²) in [4.78, 5) is 18.3. The van der Waals surface area contributed by atoms with Crippen LogP contribution < -0.4 is 5.32 Å². The Kier molecular flexibility index (Phi) is 14.3. The molecule has 1 aromatic rings. The molecule has 0 saturated heterocycles. The number of nitrogens with zero attached hydrogens (tertiary/aromatic N) is 1. The van der Waals surface area contributed by atoms with Crippen molar-refractivity contribution in [3.05, 3.63) is 59.0 Å². The van der Waals surface area contributed by atoms with Crippen LogP contribution in [0.2, 0.25) is 0 Å². The van der Waals surface area contributed by atoms with Gasteiger partial charge in [-0.15, -0.1) is 0 Å². The molecule has 1 atom stereocenters. The number of allylic oxidation sites excluding steroid dienone is 7. The van der Waals surface area contributed by atoms with Gasteiger partial charge >= 0.3 is 5.97 Å². The van der Waals surface area contributed by atoms with Gasteiger partial charge in [-0.1, -0.05) is 46.6 Å². The summed E-state index contributed by atoms with van der Waals surface area (Å²) in [6, 6.07) is -0.657. The minimum atomic E-state index is -0.867. The molecule has 0 saturated carbocycles. The van der Waals surface area contributed by atoms with E-state index in [0.29, 0.717) is 11.7 Å². The molecule has 0 aliphatic carbocycles. The van der Waals surface area contributed by atoms with Gasteiger partial charge < -0.3 is 15.4 Å². The van der Waals surface area contributed by atoms with Crippen molar-refractivity contribution in [2.75, 3.05) is 16.8 Å². The van der Waals surface area contributed by atoms with Crippen molar-refractivity contribution in [2.45, 2.75) is 79.2 Å². The molecule has 6 heteroatoms. The maximum atomic E-state index is 11.4. The van der Waals surface area contributed by atoms with Crippen LogP contribution in [0.1, 0.15) is 73.1 Å². The topological polar surface area (TPSA) is 78.0 Å². The summed E-state index contributed by atoms with van der Waals surface area (Å²) in [5, 5.41) is 12.3. The number of thioether (sulfide) groups is 1. The number of H-pyrrole nitrogens is 1. The predicted molar refractivity (Wildman–Crippen MR) is 139 cm³/mol. The fourth-order valence-electron chi connectivity index (χ4n) is 3.06. The lowest BCUT2D eigenvalue weighted by molar-refractivity contribution is -0.137. The van der Waals surface area contributed by atoms with Gasteiger partial charge in [0.1, 0.15) is 6.04 Å². The number of carbonyl (C=O) groups is 1. The molecule has 0 spiro atoms. The van der Waals surface area contributed by atoms with Crippen LogP contribution in [0.3, 0.4) is 0 Å². The van der Waals surface area contributed by atoms with Gasteiger partial charge in [-0.05, 0) is 73.1 Å². The van der Waals surface area contributed by atoms with Gasteiger partial charge in [0.2, 0.25) is 5.95 Å². The standard InChI is InChI=1S/C26H41N3O2S/c1-20(2)9-6-10-21(3)11-7-12-22(4)13-8-14-23(5)15-18-32-19-24(25(30)31)29-26-27-16-17-28-26/h9,11,13,15-17,24H,6-8,10,12,14,18-19H2,1-5H3,(H,30,31)(H2,27,28,29). The molecular formula is C26H41N3O2S. The number of nitrogens with one attached hydrogen (secondary N) is 2. The molecule has 0 aliphatic rings. The van der Waals surface area contributed by atoms with Crippen LogP contribution >= 0.6 is 11.8 Å². The van der Waals surface area contributed by atoms with Gasteiger partial charge in [0.05, 0.1) is 0 Å². The number of carboxylic acids is 1. The highest BCUT2D eigenvalue weighted by molar-refractivity contribution is 7.99. The van der Waals surface area contributed by atoms with Crippen LogP contribution in [0.5, 0.6) is 0 Å². The van der Waals surface area contributed by atoms with E-state index in [1.807, 2.05) is 0 Å². The first kappa shape index (κ1) is 27.8. The Morgan fingerprint density at radius 2 is 1.56 bits per heavy atom. The van der Waals surface area contributed by atoms with Crippen molar-refractivity contribution in [3.8, 4) is 0 Å². The van der Waals surface area contributed by atoms with Crippen molar-refractivity contribution in [2.24, 2.45) is 0 Å². The monoisotopic (exact) mass is 459 g/mol. The Morgan fingerprint density at radius 3 is 2.06 bits per heavy atom. The molecule has 32 heavy (non-hydrogen) atoms. The van der Waals surface area contributed by atoms with E-state index >= 15 is 0 Å². The van der Waals surface area contributed by atoms with Crippen molar-refractivity contribution >= 4 is 23.7 Å². The fraction of sp³-hybridized carbons (Fsp3) is 0.538. The number of aromatic amines is 1. The van der Waals surface area contributed by atoms with Crippen LogP contribution in [-0.2, 0) is 4.79 Å². The smallest absolute Gasteiger partial charge is 0.327 e. The van der Waals surface area contributed by atoms with Gasteiger partial charge in [0.25, 0.3) is 0 Å². The van der Waals surface area contributed by atoms with E-state index in [-0.39, 0.29) is 0 Å². The van der Waals surface area contributed by atoms with Gasteiger partial charge in [-0.25, -0.2) is 9.78 Å². The number of anilines is 1. The SMILES string of the molecule is CC(C)=CCCC(C)=CCCC(C)=CCCC(C)=CCSCC(Nc1ncc[nH]1)C(=O)O. The van der Waals surface area contributed by atoms with Crippen LogP contribution in [0.15, 0.2) is 59.0 Å². The summed E-state index contributed by atoms with van der Waals surface area (Å²) >= 11 is 1.61. The second kappa shape index (κ2) is 16.4. The van der Waals surface area contributed by atoms with Crippen molar-refractivity contribution in [3.63, 3.8) is 0 Å². The lowest BCUT2D eigenvalue weighted by atomic mass is 10.0. The summed E-state index contributed by atoms with van der Waals surface area (Å²) < 4.78 is 0. The van der Waals surface area contributed by atoms with Gasteiger partial charge in [-0.2, -0.15) is 11.8 Å². The lowest BCUT2D eigenvalue weighted by Crippen LogP contribution is -2.32. The van der Waals surface area contributed by atoms with E-state index in [1.165, 1.54) is 22.3 Å². The maximum absolute atomic E-state index is 11.4. The van der Waals surface area contributed by atoms with Gasteiger partial charge in [-0.3, -0.25) is 0 Å². The van der Waals surface area contributed by atoms with E-state index in [9.17, 15) is 9.90 Å². The lowest BCUT2D eigenvalue weighted by Gasteiger charge is -2.12. The molecule has 0 aromatic carbocycles. The first-order valence-electron chi connectivity index (χ1n) is 11.4. The third-order valence-corrected chi connectivity index (χ3v) is 6.07. The molecule has 5 nitrogen and oxygen atoms in total. The molecule has 178 valence electrons. The number of rotatable bonds is 16. The second-order valence-electron chi connectivity index (χ2n) is 8.56. The zero-order valence-electron chi connectivity index (χ0n) is 20.4. The van der Waals surface area contributed by atoms with Crippen molar-refractivity contribution < 1.29 is 9.90 Å². The highest BCUT2D eigenvalue weighted by Gasteiger charge is 2.17. The highest BCUT2D eigenvalue weighted by Crippen LogP contribution is 2.15. The predicted octanol–water partition coefficient (Wildman–Crippen LogP) is 7.15. The van der Waals surface area contributed by atoms with Crippen LogP contribution in [0, 0.1) is 0 Å². The van der Waals surface area contributed by atoms with Crippen LogP contribution in [0.25, 0.3) is 0 Å². The number of aromatic nitrogens is 2. The Bertz CT molecular complexity index is 788. The number of hydrogen-bond acceptors (Lipinski definition) is 4.